The van der Waals surface area contributed by atoms with E-state index in [0.717, 1.165) is 21.6 Å². The van der Waals surface area contributed by atoms with Crippen LogP contribution in [0.25, 0.3) is 10.2 Å². The topological polar surface area (TPSA) is 92.7 Å². The number of amides is 1. The predicted octanol–water partition coefficient (Wildman–Crippen LogP) is 4.15. The Morgan fingerprint density at radius 3 is 2.85 bits per heavy atom. The number of carbonyl (C=O) groups excluding carboxylic acids is 1. The van der Waals surface area contributed by atoms with E-state index in [1.165, 1.54) is 15.6 Å². The third kappa shape index (κ3) is 4.31. The number of hydrogen-bond donors (Lipinski definition) is 0. The summed E-state index contributed by atoms with van der Waals surface area (Å²) in [5.41, 5.74) is 1.44. The zero-order valence-electron chi connectivity index (χ0n) is 18.3. The van der Waals surface area contributed by atoms with Gasteiger partial charge in [0.2, 0.25) is 5.91 Å². The summed E-state index contributed by atoms with van der Waals surface area (Å²) in [5, 5.41) is 2.22. The van der Waals surface area contributed by atoms with E-state index in [9.17, 15) is 13.2 Å². The molecule has 5 rings (SSSR count). The summed E-state index contributed by atoms with van der Waals surface area (Å²) in [4.78, 5) is 24.5. The Labute approximate surface area is 205 Å². The summed E-state index contributed by atoms with van der Waals surface area (Å²) in [6.07, 6.45) is 2.75. The molecule has 4 aromatic rings. The molecule has 3 aromatic heterocycles. The number of anilines is 1. The number of benzene rings is 1. The molecule has 176 valence electrons. The van der Waals surface area contributed by atoms with E-state index in [-0.39, 0.29) is 16.7 Å². The van der Waals surface area contributed by atoms with Gasteiger partial charge in [-0.1, -0.05) is 23.5 Å². The molecule has 11 heteroatoms. The largest absolute Gasteiger partial charge is 0.497 e. The van der Waals surface area contributed by atoms with E-state index in [1.807, 2.05) is 36.4 Å². The molecule has 8 nitrogen and oxygen atoms in total. The number of sulfonamides is 1. The van der Waals surface area contributed by atoms with Gasteiger partial charge in [0.05, 0.1) is 29.6 Å². The predicted molar refractivity (Wildman–Crippen MR) is 133 cm³/mol. The van der Waals surface area contributed by atoms with Crippen LogP contribution in [0.4, 0.5) is 5.13 Å². The smallest absolute Gasteiger partial charge is 0.253 e. The van der Waals surface area contributed by atoms with E-state index in [1.54, 1.807) is 35.7 Å². The van der Waals surface area contributed by atoms with Crippen molar-refractivity contribution in [3.8, 4) is 5.75 Å². The second-order valence-electron chi connectivity index (χ2n) is 7.78. The lowest BCUT2D eigenvalue weighted by atomic mass is 10.2. The third-order valence-corrected chi connectivity index (χ3v) is 10.00. The van der Waals surface area contributed by atoms with Gasteiger partial charge in [-0.3, -0.25) is 14.7 Å². The Morgan fingerprint density at radius 2 is 2.12 bits per heavy atom. The molecule has 1 atom stereocenters. The lowest BCUT2D eigenvalue weighted by Gasteiger charge is -2.28. The van der Waals surface area contributed by atoms with Gasteiger partial charge in [-0.15, -0.1) is 11.3 Å². The van der Waals surface area contributed by atoms with Gasteiger partial charge in [-0.05, 0) is 54.6 Å². The lowest BCUT2D eigenvalue weighted by molar-refractivity contribution is -0.121. The average molecular weight is 515 g/mol. The zero-order chi connectivity index (χ0) is 23.7. The van der Waals surface area contributed by atoms with Crippen molar-refractivity contribution in [2.75, 3.05) is 18.6 Å². The highest BCUT2D eigenvalue weighted by molar-refractivity contribution is 7.91. The molecular formula is C23H22N4O4S3. The van der Waals surface area contributed by atoms with Crippen LogP contribution in [0.15, 0.2) is 64.3 Å². The molecule has 1 amide bonds. The third-order valence-electron chi connectivity index (χ3n) is 5.67. The van der Waals surface area contributed by atoms with Crippen LogP contribution < -0.4 is 9.64 Å². The summed E-state index contributed by atoms with van der Waals surface area (Å²) < 4.78 is 34.3. The Kier molecular flexibility index (Phi) is 6.34. The molecule has 0 spiro atoms. The summed E-state index contributed by atoms with van der Waals surface area (Å²) >= 11 is 2.53. The van der Waals surface area contributed by atoms with Gasteiger partial charge < -0.3 is 4.74 Å². The number of pyridine rings is 1. The van der Waals surface area contributed by atoms with Crippen LogP contribution in [-0.2, 0) is 21.4 Å². The molecule has 34 heavy (non-hydrogen) atoms. The van der Waals surface area contributed by atoms with Crippen molar-refractivity contribution in [2.45, 2.75) is 29.6 Å². The fourth-order valence-electron chi connectivity index (χ4n) is 4.01. The summed E-state index contributed by atoms with van der Waals surface area (Å²) in [7, 11) is -2.16. The number of ether oxygens (including phenoxy) is 1. The lowest BCUT2D eigenvalue weighted by Crippen LogP contribution is -2.47. The maximum Gasteiger partial charge on any atom is 0.253 e. The SMILES string of the molecule is COc1ccc2nc(N(Cc3ccccn3)C(=O)[C@H]3CCCN3S(=O)(=O)c3cccs3)sc2c1. The number of fused-ring (bicyclic) bond motifs is 1. The molecule has 0 N–H and O–H groups in total. The Hall–Kier alpha value is -2.86. The van der Waals surface area contributed by atoms with E-state index in [2.05, 4.69) is 9.97 Å². The number of thiophene rings is 1. The first-order valence-corrected chi connectivity index (χ1v) is 13.8. The zero-order valence-corrected chi connectivity index (χ0v) is 20.8. The second kappa shape index (κ2) is 9.41. The van der Waals surface area contributed by atoms with E-state index in [0.29, 0.717) is 36.0 Å². The van der Waals surface area contributed by atoms with Crippen molar-refractivity contribution in [2.24, 2.45) is 0 Å². The van der Waals surface area contributed by atoms with Gasteiger partial charge in [0.1, 0.15) is 16.0 Å². The Bertz CT molecular complexity index is 1400. The van der Waals surface area contributed by atoms with Gasteiger partial charge in [0, 0.05) is 12.7 Å². The monoisotopic (exact) mass is 514 g/mol. The molecule has 1 fully saturated rings. The normalized spacial score (nSPS) is 16.7. The van der Waals surface area contributed by atoms with Gasteiger partial charge in [0.25, 0.3) is 10.0 Å². The van der Waals surface area contributed by atoms with Crippen LogP contribution in [0.2, 0.25) is 0 Å². The van der Waals surface area contributed by atoms with Crippen molar-refractivity contribution < 1.29 is 17.9 Å². The van der Waals surface area contributed by atoms with Crippen LogP contribution in [0.5, 0.6) is 5.75 Å². The first-order valence-electron chi connectivity index (χ1n) is 10.7. The second-order valence-corrected chi connectivity index (χ2v) is 11.9. The minimum atomic E-state index is -3.76. The molecule has 0 unspecified atom stereocenters. The van der Waals surface area contributed by atoms with Crippen molar-refractivity contribution >= 4 is 54.0 Å². The molecular weight excluding hydrogens is 492 g/mol. The number of nitrogens with zero attached hydrogens (tertiary/aromatic N) is 4. The molecule has 1 saturated heterocycles. The van der Waals surface area contributed by atoms with Crippen LogP contribution >= 0.6 is 22.7 Å². The standard InChI is InChI=1S/C23H22N4O4S3/c1-31-17-9-10-18-20(14-17)33-23(25-18)26(15-16-6-2-3-11-24-16)22(28)19-7-4-12-27(19)34(29,30)21-8-5-13-32-21/h2-3,5-6,8-11,13-14,19H,4,7,12,15H2,1H3/t19-/m1/s1. The van der Waals surface area contributed by atoms with E-state index >= 15 is 0 Å². The van der Waals surface area contributed by atoms with E-state index in [4.69, 9.17) is 4.74 Å². The fraction of sp³-hybridized carbons (Fsp3) is 0.261. The molecule has 0 saturated carbocycles. The average Bonchev–Trinajstić information content (AvgIpc) is 3.62. The van der Waals surface area contributed by atoms with Crippen LogP contribution in [0.3, 0.4) is 0 Å². The van der Waals surface area contributed by atoms with Gasteiger partial charge in [-0.2, -0.15) is 4.31 Å². The van der Waals surface area contributed by atoms with Crippen molar-refractivity contribution in [1.29, 1.82) is 0 Å². The van der Waals surface area contributed by atoms with Crippen LogP contribution in [-0.4, -0.2) is 48.3 Å². The summed E-state index contributed by atoms with van der Waals surface area (Å²) in [6.45, 7) is 0.505. The molecule has 0 radical (unpaired) electrons. The van der Waals surface area contributed by atoms with Crippen molar-refractivity contribution in [3.05, 3.63) is 65.8 Å². The molecule has 4 heterocycles. The molecule has 0 aliphatic carbocycles. The minimum Gasteiger partial charge on any atom is -0.497 e. The molecule has 0 bridgehead atoms. The number of thiazole rings is 1. The highest BCUT2D eigenvalue weighted by atomic mass is 32.2. The number of methoxy groups -OCH3 is 1. The molecule has 1 aliphatic rings. The maximum atomic E-state index is 13.9. The maximum absolute atomic E-state index is 13.9. The quantitative estimate of drug-likeness (QED) is 0.368. The summed E-state index contributed by atoms with van der Waals surface area (Å²) in [6, 6.07) is 13.5. The Morgan fingerprint density at radius 1 is 1.24 bits per heavy atom. The fourth-order valence-corrected chi connectivity index (χ4v) is 7.78. The first kappa shape index (κ1) is 22.9. The number of carbonyl (C=O) groups is 1. The Balaban J connectivity index is 1.53. The number of aromatic nitrogens is 2. The number of hydrogen-bond acceptors (Lipinski definition) is 8. The number of rotatable bonds is 7. The summed E-state index contributed by atoms with van der Waals surface area (Å²) in [5.74, 6) is 0.406. The minimum absolute atomic E-state index is 0.194. The molecule has 1 aromatic carbocycles. The van der Waals surface area contributed by atoms with Crippen molar-refractivity contribution in [1.82, 2.24) is 14.3 Å². The van der Waals surface area contributed by atoms with Crippen LogP contribution in [0.1, 0.15) is 18.5 Å². The first-order chi connectivity index (χ1) is 16.5. The van der Waals surface area contributed by atoms with Gasteiger partial charge in [0.15, 0.2) is 5.13 Å². The highest BCUT2D eigenvalue weighted by Crippen LogP contribution is 2.35. The van der Waals surface area contributed by atoms with Gasteiger partial charge >= 0.3 is 0 Å². The highest BCUT2D eigenvalue weighted by Gasteiger charge is 2.42. The van der Waals surface area contributed by atoms with Crippen molar-refractivity contribution in [3.63, 3.8) is 0 Å². The van der Waals surface area contributed by atoms with Crippen LogP contribution in [0, 0.1) is 0 Å². The van der Waals surface area contributed by atoms with E-state index < -0.39 is 16.1 Å². The molecule has 1 aliphatic heterocycles. The van der Waals surface area contributed by atoms with Gasteiger partial charge in [-0.25, -0.2) is 13.4 Å².